The van der Waals surface area contributed by atoms with Crippen molar-refractivity contribution in [2.24, 2.45) is 0 Å². The van der Waals surface area contributed by atoms with Crippen molar-refractivity contribution >= 4 is 23.4 Å². The number of halogens is 1. The fraction of sp³-hybridized carbons (Fsp3) is 0.526. The van der Waals surface area contributed by atoms with Gasteiger partial charge in [-0.15, -0.1) is 0 Å². The first-order chi connectivity index (χ1) is 13.3. The maximum absolute atomic E-state index is 5.88. The first kappa shape index (κ1) is 18.4. The van der Waals surface area contributed by atoms with Crippen molar-refractivity contribution in [3.63, 3.8) is 0 Å². The molecule has 1 atom stereocenters. The summed E-state index contributed by atoms with van der Waals surface area (Å²) in [4.78, 5) is 17.9. The standard InChI is InChI=1S/C19H25ClN6O/c20-17-4-3-15(12-22-17)13-25-7-1-2-16(14-25)23-18-5-6-21-19(24-18)26-8-10-27-11-9-26/h3-6,12,16H,1-2,7-11,13-14H2,(H,21,23,24). The molecule has 0 aliphatic carbocycles. The summed E-state index contributed by atoms with van der Waals surface area (Å²) in [5.41, 5.74) is 1.19. The highest BCUT2D eigenvalue weighted by Gasteiger charge is 2.21. The molecule has 0 aromatic carbocycles. The highest BCUT2D eigenvalue weighted by Crippen LogP contribution is 2.19. The number of nitrogens with zero attached hydrogens (tertiary/aromatic N) is 5. The highest BCUT2D eigenvalue weighted by molar-refractivity contribution is 6.29. The summed E-state index contributed by atoms with van der Waals surface area (Å²) in [5.74, 6) is 1.68. The minimum Gasteiger partial charge on any atom is -0.378 e. The second-order valence-corrected chi connectivity index (χ2v) is 7.44. The molecular formula is C19H25ClN6O. The maximum atomic E-state index is 5.88. The molecule has 0 amide bonds. The Kier molecular flexibility index (Phi) is 6.01. The quantitative estimate of drug-likeness (QED) is 0.789. The van der Waals surface area contributed by atoms with E-state index in [-0.39, 0.29) is 0 Å². The average Bonchev–Trinajstić information content (AvgIpc) is 2.71. The summed E-state index contributed by atoms with van der Waals surface area (Å²) in [6, 6.07) is 6.23. The number of likely N-dealkylation sites (tertiary alicyclic amines) is 1. The van der Waals surface area contributed by atoms with Crippen molar-refractivity contribution in [1.82, 2.24) is 19.9 Å². The normalized spacial score (nSPS) is 21.2. The van der Waals surface area contributed by atoms with Gasteiger partial charge in [0.2, 0.25) is 5.95 Å². The van der Waals surface area contributed by atoms with Crippen LogP contribution in [0.25, 0.3) is 0 Å². The molecular weight excluding hydrogens is 364 g/mol. The molecule has 0 radical (unpaired) electrons. The Morgan fingerprint density at radius 1 is 1.15 bits per heavy atom. The zero-order chi connectivity index (χ0) is 18.5. The smallest absolute Gasteiger partial charge is 0.227 e. The molecule has 2 aromatic heterocycles. The van der Waals surface area contributed by atoms with E-state index in [1.807, 2.05) is 30.6 Å². The van der Waals surface area contributed by atoms with E-state index in [1.54, 1.807) is 0 Å². The third-order valence-corrected chi connectivity index (χ3v) is 5.21. The van der Waals surface area contributed by atoms with Crippen LogP contribution >= 0.6 is 11.6 Å². The van der Waals surface area contributed by atoms with Crippen LogP contribution in [-0.2, 0) is 11.3 Å². The van der Waals surface area contributed by atoms with E-state index in [0.717, 1.165) is 64.1 Å². The van der Waals surface area contributed by atoms with Gasteiger partial charge >= 0.3 is 0 Å². The van der Waals surface area contributed by atoms with Crippen LogP contribution < -0.4 is 10.2 Å². The zero-order valence-corrected chi connectivity index (χ0v) is 16.1. The number of pyridine rings is 1. The first-order valence-electron chi connectivity index (χ1n) is 9.51. The molecule has 2 fully saturated rings. The van der Waals surface area contributed by atoms with Crippen LogP contribution in [0.15, 0.2) is 30.6 Å². The Bertz CT molecular complexity index is 737. The van der Waals surface area contributed by atoms with Crippen LogP contribution in [0.5, 0.6) is 0 Å². The number of hydrogen-bond acceptors (Lipinski definition) is 7. The van der Waals surface area contributed by atoms with Gasteiger partial charge < -0.3 is 15.0 Å². The molecule has 144 valence electrons. The molecule has 2 aromatic rings. The van der Waals surface area contributed by atoms with Gasteiger partial charge in [0.05, 0.1) is 13.2 Å². The molecule has 2 saturated heterocycles. The summed E-state index contributed by atoms with van der Waals surface area (Å²) in [5, 5.41) is 4.14. The molecule has 0 spiro atoms. The maximum Gasteiger partial charge on any atom is 0.227 e. The number of nitrogens with one attached hydrogen (secondary N) is 1. The Morgan fingerprint density at radius 2 is 2.04 bits per heavy atom. The van der Waals surface area contributed by atoms with Crippen molar-refractivity contribution in [2.75, 3.05) is 49.6 Å². The van der Waals surface area contributed by atoms with Crippen LogP contribution in [0, 0.1) is 0 Å². The first-order valence-corrected chi connectivity index (χ1v) is 9.89. The average molecular weight is 389 g/mol. The minimum atomic E-state index is 0.381. The Labute approximate surface area is 164 Å². The van der Waals surface area contributed by atoms with Gasteiger partial charge in [0, 0.05) is 44.6 Å². The van der Waals surface area contributed by atoms with Crippen molar-refractivity contribution < 1.29 is 4.74 Å². The molecule has 8 heteroatoms. The molecule has 2 aliphatic heterocycles. The van der Waals surface area contributed by atoms with Gasteiger partial charge in [-0.3, -0.25) is 4.90 Å². The van der Waals surface area contributed by atoms with Gasteiger partial charge in [-0.25, -0.2) is 9.97 Å². The van der Waals surface area contributed by atoms with Crippen LogP contribution in [0.4, 0.5) is 11.8 Å². The Morgan fingerprint density at radius 3 is 2.85 bits per heavy atom. The van der Waals surface area contributed by atoms with Crippen LogP contribution in [0.3, 0.4) is 0 Å². The second-order valence-electron chi connectivity index (χ2n) is 7.05. The molecule has 2 aliphatic rings. The summed E-state index contributed by atoms with van der Waals surface area (Å²) >= 11 is 5.88. The summed E-state index contributed by atoms with van der Waals surface area (Å²) in [7, 11) is 0. The zero-order valence-electron chi connectivity index (χ0n) is 15.4. The van der Waals surface area contributed by atoms with E-state index in [1.165, 1.54) is 12.0 Å². The number of morpholine rings is 1. The van der Waals surface area contributed by atoms with Crippen LogP contribution in [0.2, 0.25) is 5.15 Å². The molecule has 1 N–H and O–H groups in total. The van der Waals surface area contributed by atoms with E-state index < -0.39 is 0 Å². The second kappa shape index (κ2) is 8.82. The summed E-state index contributed by atoms with van der Waals surface area (Å²) < 4.78 is 5.41. The van der Waals surface area contributed by atoms with Crippen LogP contribution in [0.1, 0.15) is 18.4 Å². The number of aromatic nitrogens is 3. The van der Waals surface area contributed by atoms with Crippen LogP contribution in [-0.4, -0.2) is 65.3 Å². The molecule has 4 rings (SSSR count). The Balaban J connectivity index is 1.35. The van der Waals surface area contributed by atoms with E-state index in [0.29, 0.717) is 11.2 Å². The van der Waals surface area contributed by atoms with Gasteiger partial charge in [-0.1, -0.05) is 17.7 Å². The van der Waals surface area contributed by atoms with Gasteiger partial charge in [-0.05, 0) is 37.1 Å². The highest BCUT2D eigenvalue weighted by atomic mass is 35.5. The number of ether oxygens (including phenoxy) is 1. The number of piperidine rings is 1. The fourth-order valence-electron chi connectivity index (χ4n) is 3.63. The predicted molar refractivity (Wildman–Crippen MR) is 106 cm³/mol. The lowest BCUT2D eigenvalue weighted by Crippen LogP contribution is -2.42. The monoisotopic (exact) mass is 388 g/mol. The third-order valence-electron chi connectivity index (χ3n) is 4.99. The van der Waals surface area contributed by atoms with Crippen molar-refractivity contribution in [3.8, 4) is 0 Å². The van der Waals surface area contributed by atoms with E-state index >= 15 is 0 Å². The topological polar surface area (TPSA) is 66.4 Å². The summed E-state index contributed by atoms with van der Waals surface area (Å²) in [6.45, 7) is 6.14. The van der Waals surface area contributed by atoms with E-state index in [4.69, 9.17) is 21.3 Å². The fourth-order valence-corrected chi connectivity index (χ4v) is 3.74. The lowest BCUT2D eigenvalue weighted by molar-refractivity contribution is 0.122. The van der Waals surface area contributed by atoms with Gasteiger partial charge in [0.1, 0.15) is 11.0 Å². The minimum absolute atomic E-state index is 0.381. The predicted octanol–water partition coefficient (Wildman–Crippen LogP) is 2.44. The van der Waals surface area contributed by atoms with E-state index in [9.17, 15) is 0 Å². The molecule has 7 nitrogen and oxygen atoms in total. The molecule has 0 saturated carbocycles. The number of anilines is 2. The number of hydrogen-bond donors (Lipinski definition) is 1. The van der Waals surface area contributed by atoms with Gasteiger partial charge in [0.15, 0.2) is 0 Å². The molecule has 0 bridgehead atoms. The third kappa shape index (κ3) is 5.06. The lowest BCUT2D eigenvalue weighted by Gasteiger charge is -2.33. The van der Waals surface area contributed by atoms with Gasteiger partial charge in [0.25, 0.3) is 0 Å². The number of rotatable bonds is 5. The largest absolute Gasteiger partial charge is 0.378 e. The van der Waals surface area contributed by atoms with Crippen molar-refractivity contribution in [3.05, 3.63) is 41.3 Å². The lowest BCUT2D eigenvalue weighted by atomic mass is 10.1. The van der Waals surface area contributed by atoms with Gasteiger partial charge in [-0.2, -0.15) is 4.98 Å². The SMILES string of the molecule is Clc1ccc(CN2CCCC(Nc3ccnc(N4CCOCC4)n3)C2)cn1. The Hall–Kier alpha value is -1.96. The van der Waals surface area contributed by atoms with Crippen molar-refractivity contribution in [2.45, 2.75) is 25.4 Å². The molecule has 4 heterocycles. The summed E-state index contributed by atoms with van der Waals surface area (Å²) in [6.07, 6.45) is 6.00. The molecule has 27 heavy (non-hydrogen) atoms. The van der Waals surface area contributed by atoms with Crippen molar-refractivity contribution in [1.29, 1.82) is 0 Å². The molecule has 1 unspecified atom stereocenters. The van der Waals surface area contributed by atoms with E-state index in [2.05, 4.69) is 25.1 Å².